The van der Waals surface area contributed by atoms with Gasteiger partial charge in [-0.05, 0) is 87.0 Å². The molecule has 7 nitrogen and oxygen atoms in total. The highest BCUT2D eigenvalue weighted by Gasteiger charge is 2.52. The predicted molar refractivity (Wildman–Crippen MR) is 150 cm³/mol. The van der Waals surface area contributed by atoms with E-state index in [9.17, 15) is 9.59 Å². The van der Waals surface area contributed by atoms with Gasteiger partial charge in [0, 0.05) is 46.2 Å². The molecule has 0 spiro atoms. The lowest BCUT2D eigenvalue weighted by molar-refractivity contribution is -0.120. The molecule has 4 aromatic rings. The minimum absolute atomic E-state index is 0.0696. The smallest absolute Gasteiger partial charge is 0.251 e. The summed E-state index contributed by atoms with van der Waals surface area (Å²) in [5.41, 5.74) is 9.34. The number of carbonyl (C=O) groups excluding carboxylic acids is 2. The number of aromatic nitrogens is 2. The molecule has 3 heterocycles. The Bertz CT molecular complexity index is 1500. The lowest BCUT2D eigenvalue weighted by Gasteiger charge is -2.32. The molecule has 1 aliphatic heterocycles. The topological polar surface area (TPSA) is 104 Å². The van der Waals surface area contributed by atoms with Gasteiger partial charge in [-0.2, -0.15) is 0 Å². The summed E-state index contributed by atoms with van der Waals surface area (Å²) >= 11 is 6.00. The lowest BCUT2D eigenvalue weighted by atomic mass is 9.93. The molecule has 1 saturated carbocycles. The number of aromatic amines is 1. The van der Waals surface area contributed by atoms with E-state index < -0.39 is 5.41 Å². The molecule has 196 valence electrons. The number of halogens is 1. The molecule has 0 unspecified atom stereocenters. The summed E-state index contributed by atoms with van der Waals surface area (Å²) < 4.78 is 0. The van der Waals surface area contributed by atoms with Gasteiger partial charge >= 0.3 is 0 Å². The molecule has 38 heavy (non-hydrogen) atoms. The maximum Gasteiger partial charge on any atom is 0.251 e. The number of likely N-dealkylation sites (tertiary alicyclic amines) is 1. The van der Waals surface area contributed by atoms with Crippen molar-refractivity contribution >= 4 is 45.2 Å². The van der Waals surface area contributed by atoms with E-state index in [1.807, 2.05) is 36.4 Å². The predicted octanol–water partition coefficient (Wildman–Crippen LogP) is 4.92. The molecule has 2 aliphatic rings. The number of hydrogen-bond donors (Lipinski definition) is 3. The number of fused-ring (bicyclic) bond motifs is 3. The highest BCUT2D eigenvalue weighted by Crippen LogP contribution is 2.49. The van der Waals surface area contributed by atoms with Crippen LogP contribution in [0.4, 0.5) is 0 Å². The third kappa shape index (κ3) is 4.76. The van der Waals surface area contributed by atoms with Gasteiger partial charge in [-0.3, -0.25) is 19.5 Å². The molecule has 2 fully saturated rings. The fourth-order valence-electron chi connectivity index (χ4n) is 5.83. The number of pyridine rings is 1. The number of H-pyrrole nitrogens is 1. The van der Waals surface area contributed by atoms with Crippen molar-refractivity contribution in [1.82, 2.24) is 20.2 Å². The molecule has 4 N–H and O–H groups in total. The summed E-state index contributed by atoms with van der Waals surface area (Å²) in [5.74, 6) is 0.224. The van der Waals surface area contributed by atoms with Crippen molar-refractivity contribution in [1.29, 1.82) is 0 Å². The van der Waals surface area contributed by atoms with Gasteiger partial charge in [0.2, 0.25) is 5.91 Å². The van der Waals surface area contributed by atoms with Crippen molar-refractivity contribution < 1.29 is 9.59 Å². The van der Waals surface area contributed by atoms with Crippen LogP contribution in [0.2, 0.25) is 5.02 Å². The van der Waals surface area contributed by atoms with E-state index in [0.29, 0.717) is 23.7 Å². The first-order valence-corrected chi connectivity index (χ1v) is 13.8. The van der Waals surface area contributed by atoms with Gasteiger partial charge in [0.25, 0.3) is 5.91 Å². The lowest BCUT2D eigenvalue weighted by Crippen LogP contribution is -2.34. The quantitative estimate of drug-likeness (QED) is 0.301. The van der Waals surface area contributed by atoms with Gasteiger partial charge in [-0.15, -0.1) is 0 Å². The number of nitrogens with zero attached hydrogens (tertiary/aromatic N) is 2. The second-order valence-electron chi connectivity index (χ2n) is 10.8. The third-order valence-corrected chi connectivity index (χ3v) is 8.57. The van der Waals surface area contributed by atoms with E-state index in [1.54, 1.807) is 6.20 Å². The van der Waals surface area contributed by atoms with Crippen molar-refractivity contribution in [2.45, 2.75) is 44.1 Å². The number of piperidine rings is 1. The Labute approximate surface area is 226 Å². The zero-order valence-corrected chi connectivity index (χ0v) is 22.1. The highest BCUT2D eigenvalue weighted by atomic mass is 35.5. The first-order chi connectivity index (χ1) is 18.4. The van der Waals surface area contributed by atoms with E-state index in [1.165, 1.54) is 5.56 Å². The second-order valence-corrected chi connectivity index (χ2v) is 11.2. The van der Waals surface area contributed by atoms with Gasteiger partial charge in [0.1, 0.15) is 0 Å². The van der Waals surface area contributed by atoms with Crippen LogP contribution in [0.1, 0.15) is 53.7 Å². The Balaban J connectivity index is 1.05. The molecule has 6 rings (SSSR count). The molecular weight excluding hydrogens is 498 g/mol. The molecule has 8 heteroatoms. The SMILES string of the molecule is NC(=O)C1(c2nccc3c2[nH]c2cc(C(=O)NCCC4CCN(Cc5ccc(Cl)cc5)CC4)ccc23)CC1. The zero-order valence-electron chi connectivity index (χ0n) is 21.3. The Morgan fingerprint density at radius 1 is 1.08 bits per heavy atom. The van der Waals surface area contributed by atoms with Crippen LogP contribution in [0, 0.1) is 5.92 Å². The zero-order chi connectivity index (χ0) is 26.3. The maximum atomic E-state index is 12.9. The first-order valence-electron chi connectivity index (χ1n) is 13.4. The average Bonchev–Trinajstić information content (AvgIpc) is 3.65. The Hall–Kier alpha value is -3.42. The molecule has 2 aromatic carbocycles. The molecule has 1 aliphatic carbocycles. The van der Waals surface area contributed by atoms with Crippen LogP contribution >= 0.6 is 11.6 Å². The molecule has 2 aromatic heterocycles. The third-order valence-electron chi connectivity index (χ3n) is 8.32. The van der Waals surface area contributed by atoms with E-state index in [4.69, 9.17) is 17.3 Å². The summed E-state index contributed by atoms with van der Waals surface area (Å²) in [6, 6.07) is 15.7. The Kier molecular flexibility index (Phi) is 6.58. The fraction of sp³-hybridized carbons (Fsp3) is 0.367. The normalized spacial score (nSPS) is 17.6. The van der Waals surface area contributed by atoms with E-state index in [0.717, 1.165) is 78.6 Å². The van der Waals surface area contributed by atoms with Crippen LogP contribution in [-0.4, -0.2) is 46.3 Å². The number of benzene rings is 2. The Morgan fingerprint density at radius 3 is 2.55 bits per heavy atom. The van der Waals surface area contributed by atoms with Crippen molar-refractivity contribution in [3.63, 3.8) is 0 Å². The number of hydrogen-bond acceptors (Lipinski definition) is 4. The minimum Gasteiger partial charge on any atom is -0.369 e. The van der Waals surface area contributed by atoms with Crippen molar-refractivity contribution in [2.75, 3.05) is 19.6 Å². The van der Waals surface area contributed by atoms with E-state index in [2.05, 4.69) is 32.3 Å². The Morgan fingerprint density at radius 2 is 1.84 bits per heavy atom. The number of primary amides is 1. The number of rotatable bonds is 8. The first kappa shape index (κ1) is 24.9. The summed E-state index contributed by atoms with van der Waals surface area (Å²) in [4.78, 5) is 35.5. The minimum atomic E-state index is -0.674. The highest BCUT2D eigenvalue weighted by molar-refractivity contribution is 6.30. The van der Waals surface area contributed by atoms with Crippen molar-refractivity contribution in [3.05, 3.63) is 76.6 Å². The van der Waals surface area contributed by atoms with Crippen LogP contribution < -0.4 is 11.1 Å². The van der Waals surface area contributed by atoms with Crippen molar-refractivity contribution in [3.8, 4) is 0 Å². The summed E-state index contributed by atoms with van der Waals surface area (Å²) in [5, 5.41) is 5.88. The van der Waals surface area contributed by atoms with Gasteiger partial charge in [0.15, 0.2) is 0 Å². The van der Waals surface area contributed by atoms with Crippen LogP contribution in [0.5, 0.6) is 0 Å². The number of nitrogens with one attached hydrogen (secondary N) is 2. The van der Waals surface area contributed by atoms with E-state index >= 15 is 0 Å². The van der Waals surface area contributed by atoms with Crippen LogP contribution in [-0.2, 0) is 16.8 Å². The van der Waals surface area contributed by atoms with Crippen LogP contribution in [0.15, 0.2) is 54.7 Å². The maximum absolute atomic E-state index is 12.9. The van der Waals surface area contributed by atoms with Gasteiger partial charge in [-0.1, -0.05) is 29.8 Å². The summed E-state index contributed by atoms with van der Waals surface area (Å²) in [6.45, 7) is 3.77. The number of amides is 2. The van der Waals surface area contributed by atoms with Crippen LogP contribution in [0.25, 0.3) is 21.8 Å². The largest absolute Gasteiger partial charge is 0.369 e. The fourth-order valence-corrected chi connectivity index (χ4v) is 5.96. The van der Waals surface area contributed by atoms with Crippen molar-refractivity contribution in [2.24, 2.45) is 11.7 Å². The number of nitrogens with two attached hydrogens (primary N) is 1. The van der Waals surface area contributed by atoms with Gasteiger partial charge < -0.3 is 16.0 Å². The van der Waals surface area contributed by atoms with E-state index in [-0.39, 0.29) is 11.8 Å². The standard InChI is InChI=1S/C30H32ClN5O2/c31-22-4-1-20(2-5-22)18-36-15-9-19(10-16-36)7-13-34-28(37)21-3-6-23-24-8-14-33-27(26(24)35-25(23)17-21)30(11-12-30)29(32)38/h1-6,8,14,17,19,35H,7,9-13,15-16,18H2,(H2,32,38)(H,34,37). The second kappa shape index (κ2) is 10.0. The molecule has 1 saturated heterocycles. The molecule has 0 bridgehead atoms. The number of carbonyl (C=O) groups is 2. The van der Waals surface area contributed by atoms with Gasteiger partial charge in [-0.25, -0.2) is 0 Å². The summed E-state index contributed by atoms with van der Waals surface area (Å²) in [7, 11) is 0. The van der Waals surface area contributed by atoms with Crippen LogP contribution in [0.3, 0.4) is 0 Å². The average molecular weight is 530 g/mol. The molecule has 0 atom stereocenters. The van der Waals surface area contributed by atoms with Gasteiger partial charge in [0.05, 0.1) is 16.6 Å². The molecule has 0 radical (unpaired) electrons. The summed E-state index contributed by atoms with van der Waals surface area (Å²) in [6.07, 6.45) is 6.45. The molecule has 2 amide bonds. The molecular formula is C30H32ClN5O2. The monoisotopic (exact) mass is 529 g/mol.